The average Bonchev–Trinajstić information content (AvgIpc) is 2.38. The first-order valence-electron chi connectivity index (χ1n) is 5.72. The number of hydrogen-bond acceptors (Lipinski definition) is 3. The predicted molar refractivity (Wildman–Crippen MR) is 62.2 cm³/mol. The fourth-order valence-corrected chi connectivity index (χ4v) is 1.91. The summed E-state index contributed by atoms with van der Waals surface area (Å²) in [5.74, 6) is 1.47. The summed E-state index contributed by atoms with van der Waals surface area (Å²) in [6.45, 7) is 2.95. The second kappa shape index (κ2) is 5.53. The molecule has 1 fully saturated rings. The van der Waals surface area contributed by atoms with Crippen molar-refractivity contribution in [3.63, 3.8) is 0 Å². The lowest BCUT2D eigenvalue weighted by Gasteiger charge is -2.22. The summed E-state index contributed by atoms with van der Waals surface area (Å²) in [5, 5.41) is 12.0. The number of benzene rings is 1. The van der Waals surface area contributed by atoms with Gasteiger partial charge in [-0.1, -0.05) is 0 Å². The zero-order chi connectivity index (χ0) is 11.2. The SMILES string of the molecule is N#Cc1ccc(OC[C@H]2CCCNC2)cc1. The highest BCUT2D eigenvalue weighted by Gasteiger charge is 2.13. The van der Waals surface area contributed by atoms with Gasteiger partial charge in [0.15, 0.2) is 0 Å². The number of nitrogens with one attached hydrogen (secondary N) is 1. The Morgan fingerprint density at radius 1 is 1.38 bits per heavy atom. The number of nitrogens with zero attached hydrogens (tertiary/aromatic N) is 1. The molecule has 1 aliphatic heterocycles. The van der Waals surface area contributed by atoms with Crippen LogP contribution in [0.1, 0.15) is 18.4 Å². The Hall–Kier alpha value is -1.53. The van der Waals surface area contributed by atoms with E-state index in [0.29, 0.717) is 11.5 Å². The van der Waals surface area contributed by atoms with Gasteiger partial charge in [-0.15, -0.1) is 0 Å². The molecule has 0 aromatic heterocycles. The maximum Gasteiger partial charge on any atom is 0.119 e. The number of piperidine rings is 1. The molecule has 1 atom stereocenters. The average molecular weight is 216 g/mol. The summed E-state index contributed by atoms with van der Waals surface area (Å²) in [6, 6.07) is 9.38. The van der Waals surface area contributed by atoms with Crippen LogP contribution in [0.15, 0.2) is 24.3 Å². The van der Waals surface area contributed by atoms with Gasteiger partial charge in [-0.3, -0.25) is 0 Å². The second-order valence-corrected chi connectivity index (χ2v) is 4.16. The zero-order valence-corrected chi connectivity index (χ0v) is 9.28. The van der Waals surface area contributed by atoms with Gasteiger partial charge in [0, 0.05) is 12.5 Å². The summed E-state index contributed by atoms with van der Waals surface area (Å²) in [4.78, 5) is 0. The molecule has 84 valence electrons. The van der Waals surface area contributed by atoms with Gasteiger partial charge in [0.2, 0.25) is 0 Å². The molecule has 3 nitrogen and oxygen atoms in total. The third kappa shape index (κ3) is 2.98. The summed E-state index contributed by atoms with van der Waals surface area (Å²) in [6.07, 6.45) is 2.48. The maximum atomic E-state index is 8.66. The van der Waals surface area contributed by atoms with Crippen molar-refractivity contribution in [3.05, 3.63) is 29.8 Å². The fraction of sp³-hybridized carbons (Fsp3) is 0.462. The molecular weight excluding hydrogens is 200 g/mol. The third-order valence-corrected chi connectivity index (χ3v) is 2.87. The van der Waals surface area contributed by atoms with E-state index in [2.05, 4.69) is 11.4 Å². The lowest BCUT2D eigenvalue weighted by atomic mass is 10.0. The molecule has 16 heavy (non-hydrogen) atoms. The maximum absolute atomic E-state index is 8.66. The second-order valence-electron chi connectivity index (χ2n) is 4.16. The Morgan fingerprint density at radius 2 is 2.19 bits per heavy atom. The molecule has 1 N–H and O–H groups in total. The molecule has 0 spiro atoms. The first-order valence-corrected chi connectivity index (χ1v) is 5.72. The molecule has 1 aromatic carbocycles. The van der Waals surface area contributed by atoms with E-state index in [1.54, 1.807) is 12.1 Å². The Labute approximate surface area is 96.0 Å². The molecule has 0 saturated carbocycles. The Balaban J connectivity index is 1.82. The van der Waals surface area contributed by atoms with E-state index in [4.69, 9.17) is 10.00 Å². The van der Waals surface area contributed by atoms with Crippen molar-refractivity contribution >= 4 is 0 Å². The van der Waals surface area contributed by atoms with Crippen LogP contribution < -0.4 is 10.1 Å². The van der Waals surface area contributed by atoms with Gasteiger partial charge in [-0.25, -0.2) is 0 Å². The van der Waals surface area contributed by atoms with Crippen LogP contribution in [-0.4, -0.2) is 19.7 Å². The van der Waals surface area contributed by atoms with E-state index >= 15 is 0 Å². The van der Waals surface area contributed by atoms with Crippen molar-refractivity contribution in [2.45, 2.75) is 12.8 Å². The highest BCUT2D eigenvalue weighted by Crippen LogP contribution is 2.15. The van der Waals surface area contributed by atoms with Crippen molar-refractivity contribution in [2.75, 3.05) is 19.7 Å². The van der Waals surface area contributed by atoms with E-state index in [9.17, 15) is 0 Å². The van der Waals surface area contributed by atoms with Gasteiger partial charge in [-0.2, -0.15) is 5.26 Å². The monoisotopic (exact) mass is 216 g/mol. The first-order chi connectivity index (χ1) is 7.88. The van der Waals surface area contributed by atoms with E-state index in [1.807, 2.05) is 12.1 Å². The van der Waals surface area contributed by atoms with Crippen LogP contribution >= 0.6 is 0 Å². The van der Waals surface area contributed by atoms with E-state index in [0.717, 1.165) is 25.4 Å². The number of rotatable bonds is 3. The predicted octanol–water partition coefficient (Wildman–Crippen LogP) is 1.94. The number of nitriles is 1. The van der Waals surface area contributed by atoms with Crippen molar-refractivity contribution in [1.82, 2.24) is 5.32 Å². The van der Waals surface area contributed by atoms with Gasteiger partial charge in [-0.05, 0) is 43.7 Å². The lowest BCUT2D eigenvalue weighted by molar-refractivity contribution is 0.218. The van der Waals surface area contributed by atoms with Crippen LogP contribution in [0, 0.1) is 17.2 Å². The first kappa shape index (κ1) is 11.0. The van der Waals surface area contributed by atoms with Crippen LogP contribution in [0.4, 0.5) is 0 Å². The lowest BCUT2D eigenvalue weighted by Crippen LogP contribution is -2.33. The highest BCUT2D eigenvalue weighted by molar-refractivity contribution is 5.34. The summed E-state index contributed by atoms with van der Waals surface area (Å²) in [5.41, 5.74) is 0.673. The Bertz CT molecular complexity index is 361. The third-order valence-electron chi connectivity index (χ3n) is 2.87. The van der Waals surface area contributed by atoms with Crippen LogP contribution in [0.2, 0.25) is 0 Å². The molecule has 0 radical (unpaired) electrons. The van der Waals surface area contributed by atoms with E-state index in [1.165, 1.54) is 12.8 Å². The molecule has 0 amide bonds. The number of ether oxygens (including phenoxy) is 1. The van der Waals surface area contributed by atoms with Crippen LogP contribution in [0.5, 0.6) is 5.75 Å². The molecule has 0 unspecified atom stereocenters. The topological polar surface area (TPSA) is 45.0 Å². The van der Waals surface area contributed by atoms with Crippen molar-refractivity contribution in [3.8, 4) is 11.8 Å². The molecule has 0 aliphatic carbocycles. The minimum atomic E-state index is 0.615. The van der Waals surface area contributed by atoms with Crippen LogP contribution in [0.25, 0.3) is 0 Å². The quantitative estimate of drug-likeness (QED) is 0.839. The van der Waals surface area contributed by atoms with E-state index < -0.39 is 0 Å². The minimum Gasteiger partial charge on any atom is -0.493 e. The minimum absolute atomic E-state index is 0.615. The highest BCUT2D eigenvalue weighted by atomic mass is 16.5. The fourth-order valence-electron chi connectivity index (χ4n) is 1.91. The molecular formula is C13H16N2O. The van der Waals surface area contributed by atoms with Crippen LogP contribution in [-0.2, 0) is 0 Å². The van der Waals surface area contributed by atoms with Crippen molar-refractivity contribution < 1.29 is 4.74 Å². The summed E-state index contributed by atoms with van der Waals surface area (Å²) < 4.78 is 5.70. The van der Waals surface area contributed by atoms with E-state index in [-0.39, 0.29) is 0 Å². The Morgan fingerprint density at radius 3 is 2.81 bits per heavy atom. The largest absolute Gasteiger partial charge is 0.493 e. The van der Waals surface area contributed by atoms with Crippen molar-refractivity contribution in [1.29, 1.82) is 5.26 Å². The molecule has 2 rings (SSSR count). The van der Waals surface area contributed by atoms with Gasteiger partial charge in [0.05, 0.1) is 18.2 Å². The summed E-state index contributed by atoms with van der Waals surface area (Å²) in [7, 11) is 0. The normalized spacial score (nSPS) is 20.1. The number of hydrogen-bond donors (Lipinski definition) is 1. The zero-order valence-electron chi connectivity index (χ0n) is 9.28. The molecule has 1 aromatic rings. The van der Waals surface area contributed by atoms with Gasteiger partial charge < -0.3 is 10.1 Å². The Kier molecular flexibility index (Phi) is 3.79. The van der Waals surface area contributed by atoms with Crippen molar-refractivity contribution in [2.24, 2.45) is 5.92 Å². The summed E-state index contributed by atoms with van der Waals surface area (Å²) >= 11 is 0. The molecule has 0 bridgehead atoms. The molecule has 1 heterocycles. The van der Waals surface area contributed by atoms with Crippen LogP contribution in [0.3, 0.4) is 0 Å². The van der Waals surface area contributed by atoms with Gasteiger partial charge in [0.25, 0.3) is 0 Å². The standard InChI is InChI=1S/C13H16N2O/c14-8-11-3-5-13(6-4-11)16-10-12-2-1-7-15-9-12/h3-6,12,15H,1-2,7,9-10H2/t12-/m0/s1. The molecule has 1 aliphatic rings. The smallest absolute Gasteiger partial charge is 0.119 e. The van der Waals surface area contributed by atoms with Gasteiger partial charge in [0.1, 0.15) is 5.75 Å². The van der Waals surface area contributed by atoms with Gasteiger partial charge >= 0.3 is 0 Å². The molecule has 1 saturated heterocycles. The molecule has 3 heteroatoms.